The van der Waals surface area contributed by atoms with Gasteiger partial charge in [-0.05, 0) is 18.6 Å². The van der Waals surface area contributed by atoms with Crippen LogP contribution in [0.2, 0.25) is 0 Å². The van der Waals surface area contributed by atoms with Crippen LogP contribution >= 0.6 is 11.3 Å². The average molecular weight is 473 g/mol. The van der Waals surface area contributed by atoms with E-state index in [1.54, 1.807) is 0 Å². The molecule has 0 aromatic carbocycles. The van der Waals surface area contributed by atoms with Crippen molar-refractivity contribution in [3.63, 3.8) is 0 Å². The fraction of sp³-hybridized carbons (Fsp3) is 0.353. The number of alkyl halides is 4. The van der Waals surface area contributed by atoms with E-state index in [1.807, 2.05) is 0 Å². The molecule has 170 valence electrons. The summed E-state index contributed by atoms with van der Waals surface area (Å²) >= 11 is 0.887. The Balaban J connectivity index is 1.58. The van der Waals surface area contributed by atoms with Gasteiger partial charge >= 0.3 is 12.1 Å². The summed E-state index contributed by atoms with van der Waals surface area (Å²) in [6.45, 7) is -0.213. The van der Waals surface area contributed by atoms with Crippen molar-refractivity contribution in [2.45, 2.75) is 31.7 Å². The lowest BCUT2D eigenvalue weighted by molar-refractivity contribution is -0.137. The highest BCUT2D eigenvalue weighted by Crippen LogP contribution is 2.30. The number of aromatic nitrogens is 6. The van der Waals surface area contributed by atoms with Gasteiger partial charge in [0.15, 0.2) is 5.69 Å². The van der Waals surface area contributed by atoms with Crippen molar-refractivity contribution in [2.24, 2.45) is 0 Å². The molecule has 0 bridgehead atoms. The van der Waals surface area contributed by atoms with Crippen molar-refractivity contribution >= 4 is 29.0 Å². The molecule has 1 N–H and O–H groups in total. The van der Waals surface area contributed by atoms with Gasteiger partial charge in [0.05, 0.1) is 18.3 Å². The Morgan fingerprint density at radius 2 is 2.03 bits per heavy atom. The number of aryl methyl sites for hydroxylation is 1. The lowest BCUT2D eigenvalue weighted by atomic mass is 10.2. The summed E-state index contributed by atoms with van der Waals surface area (Å²) in [5.41, 5.74) is -1.25. The SMILES string of the molecule is CN(C(=O)c1nnc(CCC(F)Cn2cc(C(=O)O)nn2)s1)c1cc(C(F)(F)F)ccn1. The third-order valence-electron chi connectivity index (χ3n) is 4.19. The first-order valence-electron chi connectivity index (χ1n) is 8.95. The molecule has 0 saturated carbocycles. The Bertz CT molecular complexity index is 1120. The Morgan fingerprint density at radius 3 is 2.69 bits per heavy atom. The summed E-state index contributed by atoms with van der Waals surface area (Å²) in [7, 11) is 1.26. The van der Waals surface area contributed by atoms with Crippen molar-refractivity contribution in [3.05, 3.63) is 45.8 Å². The molecule has 0 saturated heterocycles. The molecule has 3 heterocycles. The van der Waals surface area contributed by atoms with Crippen LogP contribution in [0.4, 0.5) is 23.4 Å². The normalized spacial score (nSPS) is 12.5. The summed E-state index contributed by atoms with van der Waals surface area (Å²) < 4.78 is 53.8. The van der Waals surface area contributed by atoms with E-state index in [1.165, 1.54) is 7.05 Å². The molecule has 0 spiro atoms. The minimum atomic E-state index is -4.58. The highest BCUT2D eigenvalue weighted by Gasteiger charge is 2.31. The van der Waals surface area contributed by atoms with Crippen LogP contribution in [0, 0.1) is 0 Å². The standard InChI is InChI=1S/C17H15F4N7O3S/c1-27(12-6-9(4-5-22-12)17(19,20)21)15(29)14-25-24-13(32-14)3-2-10(18)7-28-8-11(16(30)31)23-26-28/h4-6,8,10H,2-3,7H2,1H3,(H,30,31). The first kappa shape index (κ1) is 23.2. The zero-order valence-electron chi connectivity index (χ0n) is 16.3. The molecule has 0 fully saturated rings. The fourth-order valence-corrected chi connectivity index (χ4v) is 3.36. The van der Waals surface area contributed by atoms with E-state index in [0.717, 1.165) is 45.4 Å². The number of amides is 1. The molecule has 3 rings (SSSR count). The molecule has 1 amide bonds. The van der Waals surface area contributed by atoms with E-state index in [2.05, 4.69) is 25.5 Å². The van der Waals surface area contributed by atoms with Crippen molar-refractivity contribution in [1.29, 1.82) is 0 Å². The van der Waals surface area contributed by atoms with Gasteiger partial charge in [0.2, 0.25) is 5.01 Å². The second-order valence-corrected chi connectivity index (χ2v) is 7.59. The number of rotatable bonds is 8. The number of hydrogen-bond donors (Lipinski definition) is 1. The van der Waals surface area contributed by atoms with E-state index < -0.39 is 29.8 Å². The molecule has 0 aliphatic carbocycles. The summed E-state index contributed by atoms with van der Waals surface area (Å²) in [6.07, 6.45) is -3.79. The van der Waals surface area contributed by atoms with E-state index in [4.69, 9.17) is 5.11 Å². The molecule has 0 aliphatic heterocycles. The average Bonchev–Trinajstić information content (AvgIpc) is 3.40. The number of carboxylic acid groups (broad SMARTS) is 1. The Labute approximate surface area is 181 Å². The van der Waals surface area contributed by atoms with Crippen LogP contribution in [0.15, 0.2) is 24.5 Å². The summed E-state index contributed by atoms with van der Waals surface area (Å²) in [6, 6.07) is 1.54. The minimum absolute atomic E-state index is 0.00386. The molecule has 1 unspecified atom stereocenters. The number of pyridine rings is 1. The molecule has 1 atom stereocenters. The number of aromatic carboxylic acids is 1. The van der Waals surface area contributed by atoms with Crippen LogP contribution < -0.4 is 4.90 Å². The maximum atomic E-state index is 14.2. The molecular formula is C17H15F4N7O3S. The van der Waals surface area contributed by atoms with Crippen molar-refractivity contribution in [3.8, 4) is 0 Å². The van der Waals surface area contributed by atoms with Crippen LogP contribution in [0.3, 0.4) is 0 Å². The quantitative estimate of drug-likeness (QED) is 0.495. The number of anilines is 1. The van der Waals surface area contributed by atoms with Gasteiger partial charge in [-0.1, -0.05) is 16.6 Å². The number of halogens is 4. The minimum Gasteiger partial charge on any atom is -0.476 e. The predicted octanol–water partition coefficient (Wildman–Crippen LogP) is 2.49. The van der Waals surface area contributed by atoms with Crippen LogP contribution in [0.5, 0.6) is 0 Å². The summed E-state index contributed by atoms with van der Waals surface area (Å²) in [4.78, 5) is 28.0. The maximum Gasteiger partial charge on any atom is 0.416 e. The van der Waals surface area contributed by atoms with Crippen LogP contribution in [0.1, 0.15) is 37.3 Å². The Morgan fingerprint density at radius 1 is 1.28 bits per heavy atom. The van der Waals surface area contributed by atoms with E-state index in [-0.39, 0.29) is 35.9 Å². The number of carboxylic acids is 1. The Kier molecular flexibility index (Phi) is 6.76. The third kappa shape index (κ3) is 5.60. The number of carbonyl (C=O) groups excluding carboxylic acids is 1. The van der Waals surface area contributed by atoms with Crippen molar-refractivity contribution in [2.75, 3.05) is 11.9 Å². The van der Waals surface area contributed by atoms with Gasteiger partial charge in [-0.25, -0.2) is 18.9 Å². The van der Waals surface area contributed by atoms with Gasteiger partial charge in [0.25, 0.3) is 5.91 Å². The highest BCUT2D eigenvalue weighted by atomic mass is 32.1. The first-order chi connectivity index (χ1) is 15.0. The summed E-state index contributed by atoms with van der Waals surface area (Å²) in [5.74, 6) is -2.19. The van der Waals surface area contributed by atoms with Crippen LogP contribution in [0.25, 0.3) is 0 Å². The molecule has 10 nitrogen and oxygen atoms in total. The molecule has 3 aromatic heterocycles. The van der Waals surface area contributed by atoms with E-state index in [0.29, 0.717) is 5.01 Å². The second-order valence-electron chi connectivity index (χ2n) is 6.53. The van der Waals surface area contributed by atoms with E-state index >= 15 is 0 Å². The van der Waals surface area contributed by atoms with Crippen LogP contribution in [-0.2, 0) is 19.1 Å². The lowest BCUT2D eigenvalue weighted by Crippen LogP contribution is -2.27. The number of nitrogens with zero attached hydrogens (tertiary/aromatic N) is 7. The first-order valence-corrected chi connectivity index (χ1v) is 9.77. The number of hydrogen-bond acceptors (Lipinski definition) is 8. The third-order valence-corrected chi connectivity index (χ3v) is 5.16. The smallest absolute Gasteiger partial charge is 0.416 e. The van der Waals surface area contributed by atoms with Gasteiger partial charge in [-0.15, -0.1) is 15.3 Å². The van der Waals surface area contributed by atoms with Gasteiger partial charge < -0.3 is 5.11 Å². The van der Waals surface area contributed by atoms with Gasteiger partial charge in [0.1, 0.15) is 17.0 Å². The molecule has 32 heavy (non-hydrogen) atoms. The van der Waals surface area contributed by atoms with Crippen molar-refractivity contribution in [1.82, 2.24) is 30.2 Å². The summed E-state index contributed by atoms with van der Waals surface area (Å²) in [5, 5.41) is 23.5. The topological polar surface area (TPSA) is 127 Å². The molecule has 0 radical (unpaired) electrons. The zero-order valence-corrected chi connectivity index (χ0v) is 17.1. The predicted molar refractivity (Wildman–Crippen MR) is 102 cm³/mol. The van der Waals surface area contributed by atoms with E-state index in [9.17, 15) is 27.2 Å². The maximum absolute atomic E-state index is 14.2. The largest absolute Gasteiger partial charge is 0.476 e. The Hall–Kier alpha value is -3.49. The highest BCUT2D eigenvalue weighted by molar-refractivity contribution is 7.13. The molecule has 0 aliphatic rings. The second kappa shape index (κ2) is 9.33. The molecule has 15 heteroatoms. The zero-order chi connectivity index (χ0) is 23.5. The van der Waals surface area contributed by atoms with Crippen molar-refractivity contribution < 1.29 is 32.3 Å². The monoisotopic (exact) mass is 473 g/mol. The van der Waals surface area contributed by atoms with Crippen LogP contribution in [-0.4, -0.2) is 60.4 Å². The fourth-order valence-electron chi connectivity index (χ4n) is 2.53. The van der Waals surface area contributed by atoms with Gasteiger partial charge in [-0.2, -0.15) is 13.2 Å². The lowest BCUT2D eigenvalue weighted by Gasteiger charge is -2.16. The number of carbonyl (C=O) groups is 2. The van der Waals surface area contributed by atoms with Gasteiger partial charge in [0, 0.05) is 19.7 Å². The van der Waals surface area contributed by atoms with Gasteiger partial charge in [-0.3, -0.25) is 9.69 Å². The molecule has 3 aromatic rings. The molecular weight excluding hydrogens is 458 g/mol.